The van der Waals surface area contributed by atoms with Crippen LogP contribution in [0.4, 0.5) is 30.7 Å². The number of alkyl halides is 6. The monoisotopic (exact) mass is 545 g/mol. The molecule has 3 aromatic carbocycles. The van der Waals surface area contributed by atoms with Gasteiger partial charge >= 0.3 is 18.5 Å². The third kappa shape index (κ3) is 5.60. The van der Waals surface area contributed by atoms with Gasteiger partial charge in [-0.25, -0.2) is 9.18 Å². The van der Waals surface area contributed by atoms with Crippen molar-refractivity contribution in [3.05, 3.63) is 71.5 Å². The van der Waals surface area contributed by atoms with Gasteiger partial charge in [0, 0.05) is 5.39 Å². The highest BCUT2D eigenvalue weighted by atomic mass is 19.4. The van der Waals surface area contributed by atoms with Crippen molar-refractivity contribution in [2.75, 3.05) is 0 Å². The largest absolute Gasteiger partial charge is 0.573 e. The van der Waals surface area contributed by atoms with Crippen LogP contribution < -0.4 is 14.8 Å². The lowest BCUT2D eigenvalue weighted by Crippen LogP contribution is -2.52. The van der Waals surface area contributed by atoms with Gasteiger partial charge < -0.3 is 19.9 Å². The Morgan fingerprint density at radius 3 is 2.16 bits per heavy atom. The van der Waals surface area contributed by atoms with Crippen molar-refractivity contribution in [2.24, 2.45) is 5.41 Å². The number of hydrogen-bond acceptors (Lipinski definition) is 4. The lowest BCUT2D eigenvalue weighted by molar-refractivity contribution is -0.274. The molecular weight excluding hydrogens is 527 g/mol. The highest BCUT2D eigenvalue weighted by molar-refractivity contribution is 6.05. The van der Waals surface area contributed by atoms with Crippen LogP contribution in [0.15, 0.2) is 54.6 Å². The summed E-state index contributed by atoms with van der Waals surface area (Å²) in [5.41, 5.74) is -2.65. The van der Waals surface area contributed by atoms with Gasteiger partial charge in [-0.2, -0.15) is 13.2 Å². The fourth-order valence-electron chi connectivity index (χ4n) is 4.06. The fourth-order valence-corrected chi connectivity index (χ4v) is 4.06. The van der Waals surface area contributed by atoms with E-state index in [0.717, 1.165) is 24.3 Å². The molecule has 38 heavy (non-hydrogen) atoms. The first-order chi connectivity index (χ1) is 17.7. The highest BCUT2D eigenvalue weighted by Crippen LogP contribution is 2.60. The van der Waals surface area contributed by atoms with E-state index < -0.39 is 60.3 Å². The predicted octanol–water partition coefficient (Wildman–Crippen LogP) is 5.98. The summed E-state index contributed by atoms with van der Waals surface area (Å²) in [5.74, 6) is -4.53. The van der Waals surface area contributed by atoms with Crippen LogP contribution in [0, 0.1) is 11.2 Å². The van der Waals surface area contributed by atoms with Crippen LogP contribution in [0.2, 0.25) is 0 Å². The highest BCUT2D eigenvalue weighted by Gasteiger charge is 2.69. The number of amides is 1. The molecule has 6 nitrogen and oxygen atoms in total. The van der Waals surface area contributed by atoms with Crippen molar-refractivity contribution in [1.82, 2.24) is 5.32 Å². The van der Waals surface area contributed by atoms with E-state index in [9.17, 15) is 45.4 Å². The third-order valence-electron chi connectivity index (χ3n) is 6.15. The molecule has 1 atom stereocenters. The standard InChI is InChI=1S/C25H18F7NO5/c26-15-5-3-14-4-8-17(21(34)33-20(22(35)36)23(9-10-23)24(27,28)29)19(18(14)11-15)37-12-13-1-6-16(7-2-13)38-25(30,31)32/h1-8,11,20H,9-10,12H2,(H,33,34)(H,35,36). The van der Waals surface area contributed by atoms with Gasteiger partial charge in [0.1, 0.15) is 30.0 Å². The van der Waals surface area contributed by atoms with Crippen LogP contribution in [0.25, 0.3) is 10.8 Å². The summed E-state index contributed by atoms with van der Waals surface area (Å²) in [6.45, 7) is -0.336. The Balaban J connectivity index is 1.64. The topological polar surface area (TPSA) is 84.9 Å². The normalized spacial score (nSPS) is 15.6. The minimum Gasteiger partial charge on any atom is -0.487 e. The number of ether oxygens (including phenoxy) is 2. The second-order valence-electron chi connectivity index (χ2n) is 8.69. The molecule has 3 aromatic rings. The van der Waals surface area contributed by atoms with Crippen LogP contribution in [0.3, 0.4) is 0 Å². The number of rotatable bonds is 8. The molecule has 202 valence electrons. The predicted molar refractivity (Wildman–Crippen MR) is 118 cm³/mol. The Morgan fingerprint density at radius 1 is 0.974 bits per heavy atom. The lowest BCUT2D eigenvalue weighted by Gasteiger charge is -2.27. The minimum atomic E-state index is -4.90. The van der Waals surface area contributed by atoms with E-state index in [1.165, 1.54) is 30.3 Å². The molecule has 0 radical (unpaired) electrons. The molecule has 1 unspecified atom stereocenters. The molecule has 0 saturated heterocycles. The van der Waals surface area contributed by atoms with Crippen molar-refractivity contribution < 1.29 is 54.9 Å². The summed E-state index contributed by atoms with van der Waals surface area (Å²) in [5, 5.41) is 11.9. The maximum absolute atomic E-state index is 14.0. The SMILES string of the molecule is O=C(NC(C(=O)O)C1(C(F)(F)F)CC1)c1ccc2ccc(F)cc2c1OCc1ccc(OC(F)(F)F)cc1. The first-order valence-electron chi connectivity index (χ1n) is 11.0. The van der Waals surface area contributed by atoms with Gasteiger partial charge in [-0.15, -0.1) is 13.2 Å². The van der Waals surface area contributed by atoms with E-state index in [4.69, 9.17) is 4.74 Å². The summed E-state index contributed by atoms with van der Waals surface area (Å²) < 4.78 is 101. The van der Waals surface area contributed by atoms with Crippen LogP contribution >= 0.6 is 0 Å². The van der Waals surface area contributed by atoms with Gasteiger partial charge in [-0.3, -0.25) is 4.79 Å². The van der Waals surface area contributed by atoms with Gasteiger partial charge in [0.15, 0.2) is 0 Å². The van der Waals surface area contributed by atoms with Gasteiger partial charge in [0.25, 0.3) is 5.91 Å². The second kappa shape index (κ2) is 9.69. The van der Waals surface area contributed by atoms with Gasteiger partial charge in [0.05, 0.1) is 11.0 Å². The molecule has 1 fully saturated rings. The molecule has 0 aliphatic heterocycles. The van der Waals surface area contributed by atoms with Crippen molar-refractivity contribution >= 4 is 22.6 Å². The number of carboxylic acids is 1. The summed E-state index contributed by atoms with van der Waals surface area (Å²) in [6.07, 6.45) is -10.7. The summed E-state index contributed by atoms with van der Waals surface area (Å²) in [7, 11) is 0. The van der Waals surface area contributed by atoms with E-state index in [2.05, 4.69) is 4.74 Å². The van der Waals surface area contributed by atoms with E-state index >= 15 is 0 Å². The molecule has 0 aromatic heterocycles. The molecular formula is C25H18F7NO5. The molecule has 1 saturated carbocycles. The molecule has 1 aliphatic rings. The Kier molecular flexibility index (Phi) is 6.89. The van der Waals surface area contributed by atoms with Gasteiger partial charge in [0.2, 0.25) is 0 Å². The first kappa shape index (κ1) is 27.0. The zero-order valence-corrected chi connectivity index (χ0v) is 19.1. The smallest absolute Gasteiger partial charge is 0.487 e. The number of carbonyl (C=O) groups is 2. The number of fused-ring (bicyclic) bond motifs is 1. The maximum Gasteiger partial charge on any atom is 0.573 e. The second-order valence-corrected chi connectivity index (χ2v) is 8.69. The Bertz CT molecular complexity index is 1370. The Hall–Kier alpha value is -4.03. The van der Waals surface area contributed by atoms with Gasteiger partial charge in [-0.05, 0) is 54.1 Å². The van der Waals surface area contributed by atoms with Crippen molar-refractivity contribution in [2.45, 2.75) is 38.0 Å². The zero-order valence-electron chi connectivity index (χ0n) is 19.1. The number of carbonyl (C=O) groups excluding carboxylic acids is 1. The fraction of sp³-hybridized carbons (Fsp3) is 0.280. The van der Waals surface area contributed by atoms with Crippen LogP contribution in [-0.2, 0) is 11.4 Å². The van der Waals surface area contributed by atoms with Crippen molar-refractivity contribution in [3.8, 4) is 11.5 Å². The molecule has 1 aliphatic carbocycles. The van der Waals surface area contributed by atoms with Crippen molar-refractivity contribution in [1.29, 1.82) is 0 Å². The molecule has 13 heteroatoms. The van der Waals surface area contributed by atoms with E-state index in [1.807, 2.05) is 5.32 Å². The summed E-state index contributed by atoms with van der Waals surface area (Å²) in [6, 6.07) is 8.35. The quantitative estimate of drug-likeness (QED) is 0.340. The van der Waals surface area contributed by atoms with Gasteiger partial charge in [-0.1, -0.05) is 24.3 Å². The number of hydrogen-bond donors (Lipinski definition) is 2. The molecule has 1 amide bonds. The summed E-state index contributed by atoms with van der Waals surface area (Å²) >= 11 is 0. The molecule has 0 spiro atoms. The number of aliphatic carboxylic acids is 1. The zero-order chi connectivity index (χ0) is 27.9. The van der Waals surface area contributed by atoms with Crippen LogP contribution in [0.1, 0.15) is 28.8 Å². The molecule has 2 N–H and O–H groups in total. The number of carboxylic acid groups (broad SMARTS) is 1. The van der Waals surface area contributed by atoms with Crippen LogP contribution in [-0.4, -0.2) is 35.6 Å². The van der Waals surface area contributed by atoms with E-state index in [0.29, 0.717) is 10.9 Å². The first-order valence-corrected chi connectivity index (χ1v) is 11.0. The third-order valence-corrected chi connectivity index (χ3v) is 6.15. The number of halogens is 7. The van der Waals surface area contributed by atoms with Crippen LogP contribution in [0.5, 0.6) is 11.5 Å². The molecule has 0 bridgehead atoms. The minimum absolute atomic E-state index is 0.0681. The molecule has 0 heterocycles. The Labute approximate surface area is 210 Å². The lowest BCUT2D eigenvalue weighted by atomic mass is 9.95. The average Bonchev–Trinajstić information content (AvgIpc) is 3.62. The van der Waals surface area contributed by atoms with E-state index in [-0.39, 0.29) is 23.3 Å². The summed E-state index contributed by atoms with van der Waals surface area (Å²) in [4.78, 5) is 24.8. The maximum atomic E-state index is 14.0. The molecule has 4 rings (SSSR count). The van der Waals surface area contributed by atoms with Crippen molar-refractivity contribution in [3.63, 3.8) is 0 Å². The number of benzene rings is 3. The Morgan fingerprint density at radius 2 is 1.61 bits per heavy atom. The number of nitrogens with one attached hydrogen (secondary N) is 1. The average molecular weight is 545 g/mol. The van der Waals surface area contributed by atoms with E-state index in [1.54, 1.807) is 0 Å².